The van der Waals surface area contributed by atoms with E-state index in [2.05, 4.69) is 64.7 Å². The molecule has 0 aliphatic heterocycles. The van der Waals surface area contributed by atoms with Crippen molar-refractivity contribution in [2.24, 2.45) is 10.7 Å². The summed E-state index contributed by atoms with van der Waals surface area (Å²) in [6.45, 7) is 11.1. The molecule has 8 nitrogen and oxygen atoms in total. The minimum atomic E-state index is -0.428. The van der Waals surface area contributed by atoms with Crippen molar-refractivity contribution in [2.75, 3.05) is 6.61 Å². The number of amides is 1. The standard InChI is InChI=1S/C24H31ClN6O2/c1-16(2)31-11-9-20-13-19(7-8-21(20)31)14-27-24(32)33-12-6-5-10-30-15-28-22(17(3)26)23(30)29-18(4)25/h7-9,11,13,15-16H,3,5-6,10,12,14,26H2,1-2,4H3,(H,27,32)/b29-18+. The number of hydrogen-bond donors (Lipinski definition) is 2. The van der Waals surface area contributed by atoms with E-state index in [1.165, 1.54) is 5.52 Å². The number of aromatic nitrogens is 3. The molecular formula is C24H31ClN6O2. The van der Waals surface area contributed by atoms with Crippen molar-refractivity contribution in [2.45, 2.75) is 52.7 Å². The normalized spacial score (nSPS) is 11.8. The highest BCUT2D eigenvalue weighted by molar-refractivity contribution is 6.65. The highest BCUT2D eigenvalue weighted by Gasteiger charge is 2.12. The van der Waals surface area contributed by atoms with Gasteiger partial charge in [-0.15, -0.1) is 0 Å². The molecule has 0 saturated heterocycles. The molecule has 3 rings (SSSR count). The maximum absolute atomic E-state index is 12.1. The minimum Gasteiger partial charge on any atom is -0.450 e. The summed E-state index contributed by atoms with van der Waals surface area (Å²) in [4.78, 5) is 20.6. The van der Waals surface area contributed by atoms with E-state index < -0.39 is 6.09 Å². The fraction of sp³-hybridized carbons (Fsp3) is 0.375. The zero-order chi connectivity index (χ0) is 24.0. The second-order valence-electron chi connectivity index (χ2n) is 8.15. The van der Waals surface area contributed by atoms with Gasteiger partial charge < -0.3 is 24.9 Å². The Morgan fingerprint density at radius 2 is 2.12 bits per heavy atom. The number of unbranched alkanes of at least 4 members (excludes halogenated alkanes) is 1. The molecular weight excluding hydrogens is 440 g/mol. The Hall–Kier alpha value is -3.26. The zero-order valence-electron chi connectivity index (χ0n) is 19.3. The van der Waals surface area contributed by atoms with E-state index in [0.717, 1.165) is 17.4 Å². The van der Waals surface area contributed by atoms with Gasteiger partial charge in [-0.05, 0) is 62.8 Å². The van der Waals surface area contributed by atoms with Crippen LogP contribution in [0.4, 0.5) is 10.6 Å². The Kier molecular flexibility index (Phi) is 8.16. The summed E-state index contributed by atoms with van der Waals surface area (Å²) in [5.74, 6) is 0.578. The van der Waals surface area contributed by atoms with Crippen LogP contribution in [0.5, 0.6) is 0 Å². The van der Waals surface area contributed by atoms with Gasteiger partial charge in [-0.3, -0.25) is 0 Å². The summed E-state index contributed by atoms with van der Waals surface area (Å²) in [5, 5.41) is 4.35. The number of halogens is 1. The molecule has 0 fully saturated rings. The van der Waals surface area contributed by atoms with Crippen LogP contribution in [0, 0.1) is 0 Å². The van der Waals surface area contributed by atoms with E-state index in [1.54, 1.807) is 13.3 Å². The number of aliphatic imine (C=N–C) groups is 1. The van der Waals surface area contributed by atoms with E-state index in [1.807, 2.05) is 10.6 Å². The Bertz CT molecular complexity index is 1160. The van der Waals surface area contributed by atoms with E-state index >= 15 is 0 Å². The third kappa shape index (κ3) is 6.38. The van der Waals surface area contributed by atoms with Crippen LogP contribution >= 0.6 is 11.6 Å². The first-order valence-corrected chi connectivity index (χ1v) is 11.3. The topological polar surface area (TPSA) is 99.5 Å². The number of alkyl carbamates (subject to hydrolysis) is 1. The van der Waals surface area contributed by atoms with E-state index in [-0.39, 0.29) is 0 Å². The van der Waals surface area contributed by atoms with E-state index in [0.29, 0.717) is 54.5 Å². The number of nitrogens with two attached hydrogens (primary N) is 1. The molecule has 1 aromatic carbocycles. The van der Waals surface area contributed by atoms with Crippen LogP contribution in [0.25, 0.3) is 16.6 Å². The number of rotatable bonds is 10. The van der Waals surface area contributed by atoms with Crippen molar-refractivity contribution >= 4 is 45.3 Å². The summed E-state index contributed by atoms with van der Waals surface area (Å²) in [6.07, 6.45) is 4.79. The molecule has 0 unspecified atom stereocenters. The highest BCUT2D eigenvalue weighted by atomic mass is 35.5. The maximum atomic E-state index is 12.1. The van der Waals surface area contributed by atoms with Gasteiger partial charge in [0.2, 0.25) is 0 Å². The van der Waals surface area contributed by atoms with Gasteiger partial charge in [-0.25, -0.2) is 14.8 Å². The molecule has 9 heteroatoms. The number of carbonyl (C=O) groups is 1. The van der Waals surface area contributed by atoms with Crippen molar-refractivity contribution in [1.29, 1.82) is 0 Å². The molecule has 176 valence electrons. The molecule has 0 radical (unpaired) electrons. The van der Waals surface area contributed by atoms with Gasteiger partial charge in [-0.1, -0.05) is 24.2 Å². The number of fused-ring (bicyclic) bond motifs is 1. The number of hydrogen-bond acceptors (Lipinski definition) is 5. The lowest BCUT2D eigenvalue weighted by atomic mass is 10.1. The van der Waals surface area contributed by atoms with Gasteiger partial charge in [0.1, 0.15) is 10.9 Å². The fourth-order valence-corrected chi connectivity index (χ4v) is 3.66. The molecule has 0 aliphatic carbocycles. The molecule has 0 aliphatic rings. The highest BCUT2D eigenvalue weighted by Crippen LogP contribution is 2.24. The second-order valence-corrected chi connectivity index (χ2v) is 8.70. The number of imidazole rings is 1. The molecule has 0 saturated carbocycles. The first kappa shape index (κ1) is 24.4. The smallest absolute Gasteiger partial charge is 0.407 e. The third-order valence-corrected chi connectivity index (χ3v) is 5.26. The Morgan fingerprint density at radius 1 is 1.33 bits per heavy atom. The number of benzene rings is 1. The van der Waals surface area contributed by atoms with Crippen LogP contribution in [-0.2, 0) is 17.8 Å². The second kappa shape index (κ2) is 11.0. The van der Waals surface area contributed by atoms with Crippen LogP contribution in [0.3, 0.4) is 0 Å². The molecule has 33 heavy (non-hydrogen) atoms. The van der Waals surface area contributed by atoms with Crippen LogP contribution in [-0.4, -0.2) is 32.0 Å². The summed E-state index contributed by atoms with van der Waals surface area (Å²) >= 11 is 5.93. The van der Waals surface area contributed by atoms with E-state index in [9.17, 15) is 4.79 Å². The lowest BCUT2D eigenvalue weighted by Gasteiger charge is -2.10. The summed E-state index contributed by atoms with van der Waals surface area (Å²) in [7, 11) is 0. The van der Waals surface area contributed by atoms with Crippen LogP contribution in [0.15, 0.2) is 48.4 Å². The fourth-order valence-electron chi connectivity index (χ4n) is 3.58. The summed E-state index contributed by atoms with van der Waals surface area (Å²) in [6, 6.07) is 8.70. The van der Waals surface area contributed by atoms with Gasteiger partial charge in [0, 0.05) is 30.8 Å². The average Bonchev–Trinajstić information content (AvgIpc) is 3.35. The Balaban J connectivity index is 1.42. The van der Waals surface area contributed by atoms with Gasteiger partial charge in [0.25, 0.3) is 0 Å². The molecule has 2 aromatic heterocycles. The first-order valence-electron chi connectivity index (χ1n) is 11.0. The van der Waals surface area contributed by atoms with Gasteiger partial charge in [0.15, 0.2) is 5.82 Å². The molecule has 0 atom stereocenters. The summed E-state index contributed by atoms with van der Waals surface area (Å²) in [5.41, 5.74) is 8.85. The lowest BCUT2D eigenvalue weighted by molar-refractivity contribution is 0.143. The quantitative estimate of drug-likeness (QED) is 0.308. The van der Waals surface area contributed by atoms with Crippen molar-refractivity contribution in [3.05, 3.63) is 54.6 Å². The number of ether oxygens (including phenoxy) is 1. The molecule has 0 bridgehead atoms. The van der Waals surface area contributed by atoms with Crippen LogP contribution in [0.1, 0.15) is 50.9 Å². The Morgan fingerprint density at radius 3 is 2.82 bits per heavy atom. The molecule has 1 amide bonds. The van der Waals surface area contributed by atoms with Gasteiger partial charge >= 0.3 is 6.09 Å². The third-order valence-electron chi connectivity index (χ3n) is 5.18. The number of nitrogens with zero attached hydrogens (tertiary/aromatic N) is 4. The van der Waals surface area contributed by atoms with Crippen molar-refractivity contribution in [1.82, 2.24) is 19.4 Å². The largest absolute Gasteiger partial charge is 0.450 e. The molecule has 2 heterocycles. The predicted molar refractivity (Wildman–Crippen MR) is 134 cm³/mol. The van der Waals surface area contributed by atoms with Gasteiger partial charge in [-0.2, -0.15) is 0 Å². The predicted octanol–water partition coefficient (Wildman–Crippen LogP) is 5.34. The van der Waals surface area contributed by atoms with Gasteiger partial charge in [0.05, 0.1) is 18.6 Å². The average molecular weight is 471 g/mol. The SMILES string of the molecule is C=C(N)c1ncn(CCCCOC(=O)NCc2ccc3c(ccn3C(C)C)c2)c1/N=C(\C)Cl. The number of nitrogens with one attached hydrogen (secondary N) is 1. The van der Waals surface area contributed by atoms with Crippen LogP contribution < -0.4 is 11.1 Å². The molecule has 3 N–H and O–H groups in total. The zero-order valence-corrected chi connectivity index (χ0v) is 20.1. The number of carbonyl (C=O) groups excluding carboxylic acids is 1. The maximum Gasteiger partial charge on any atom is 0.407 e. The van der Waals surface area contributed by atoms with Crippen molar-refractivity contribution in [3.63, 3.8) is 0 Å². The van der Waals surface area contributed by atoms with Crippen molar-refractivity contribution < 1.29 is 9.53 Å². The first-order chi connectivity index (χ1) is 15.8. The molecule has 3 aromatic rings. The Labute approximate surface area is 199 Å². The van der Waals surface area contributed by atoms with E-state index in [4.69, 9.17) is 22.1 Å². The summed E-state index contributed by atoms with van der Waals surface area (Å²) < 4.78 is 9.39. The monoisotopic (exact) mass is 470 g/mol. The minimum absolute atomic E-state index is 0.320. The van der Waals surface area contributed by atoms with Crippen molar-refractivity contribution in [3.8, 4) is 0 Å². The molecule has 0 spiro atoms. The lowest BCUT2D eigenvalue weighted by Crippen LogP contribution is -2.24. The number of aryl methyl sites for hydroxylation is 1. The van der Waals surface area contributed by atoms with Crippen LogP contribution in [0.2, 0.25) is 0 Å².